The lowest BCUT2D eigenvalue weighted by molar-refractivity contribution is -0.122. The van der Waals surface area contributed by atoms with Crippen LogP contribution in [-0.4, -0.2) is 26.7 Å². The third kappa shape index (κ3) is 6.04. The first-order chi connectivity index (χ1) is 19.8. The Morgan fingerprint density at radius 3 is 1.98 bits per heavy atom. The molecule has 0 spiro atoms. The molecule has 0 radical (unpaired) electrons. The van der Waals surface area contributed by atoms with Crippen LogP contribution in [0, 0.1) is 0 Å². The van der Waals surface area contributed by atoms with Crippen LogP contribution in [0.2, 0.25) is 0 Å². The van der Waals surface area contributed by atoms with E-state index in [0.717, 1.165) is 17.1 Å². The van der Waals surface area contributed by atoms with Crippen LogP contribution in [0.15, 0.2) is 90.5 Å². The van der Waals surface area contributed by atoms with Crippen molar-refractivity contribution in [2.45, 2.75) is 52.4 Å². The van der Waals surface area contributed by atoms with Crippen molar-refractivity contribution < 1.29 is 14.3 Å². The number of nitrogens with one attached hydrogen (secondary N) is 1. The first kappa shape index (κ1) is 29.0. The topological polar surface area (TPSA) is 76.5 Å². The summed E-state index contributed by atoms with van der Waals surface area (Å²) in [6.07, 6.45) is 1.58. The molecule has 0 aliphatic carbocycles. The summed E-state index contributed by atoms with van der Waals surface area (Å²) in [5, 5.41) is 7.59. The second-order valence-electron chi connectivity index (χ2n) is 12.3. The van der Waals surface area contributed by atoms with Gasteiger partial charge in [-0.1, -0.05) is 71.9 Å². The van der Waals surface area contributed by atoms with Crippen LogP contribution < -0.4 is 15.0 Å². The minimum atomic E-state index is -0.536. The van der Waals surface area contributed by atoms with Crippen LogP contribution >= 0.6 is 12.2 Å². The number of nitrogens with zero attached hydrogens (tertiary/aromatic N) is 3. The molecule has 1 fully saturated rings. The molecule has 1 saturated heterocycles. The molecular weight excluding hydrogens is 544 g/mol. The van der Waals surface area contributed by atoms with E-state index < -0.39 is 11.8 Å². The zero-order valence-electron chi connectivity index (χ0n) is 24.6. The van der Waals surface area contributed by atoms with Gasteiger partial charge in [-0.05, 0) is 78.5 Å². The van der Waals surface area contributed by atoms with Gasteiger partial charge in [0.15, 0.2) is 5.11 Å². The Labute approximate surface area is 251 Å². The van der Waals surface area contributed by atoms with E-state index in [4.69, 9.17) is 22.1 Å². The fraction of sp³-hybridized carbons (Fsp3) is 0.235. The third-order valence-corrected chi connectivity index (χ3v) is 7.16. The van der Waals surface area contributed by atoms with E-state index in [0.29, 0.717) is 22.7 Å². The van der Waals surface area contributed by atoms with Crippen molar-refractivity contribution in [2.24, 2.45) is 0 Å². The number of thiocarbonyl (C=S) groups is 1. The van der Waals surface area contributed by atoms with Crippen molar-refractivity contribution in [3.63, 3.8) is 0 Å². The first-order valence-corrected chi connectivity index (χ1v) is 14.2. The number of carbonyl (C=O) groups excluding carboxylic acids is 2. The van der Waals surface area contributed by atoms with Crippen LogP contribution in [0.25, 0.3) is 11.8 Å². The zero-order chi connectivity index (χ0) is 30.2. The van der Waals surface area contributed by atoms with Crippen LogP contribution in [0.5, 0.6) is 11.5 Å². The maximum absolute atomic E-state index is 13.5. The number of hydrogen-bond donors (Lipinski definition) is 1. The Balaban J connectivity index is 1.40. The summed E-state index contributed by atoms with van der Waals surface area (Å²) in [7, 11) is 0. The predicted molar refractivity (Wildman–Crippen MR) is 170 cm³/mol. The summed E-state index contributed by atoms with van der Waals surface area (Å²) in [4.78, 5) is 27.7. The lowest BCUT2D eigenvalue weighted by Gasteiger charge is -2.29. The van der Waals surface area contributed by atoms with E-state index in [9.17, 15) is 9.59 Å². The van der Waals surface area contributed by atoms with E-state index in [1.165, 1.54) is 4.90 Å². The van der Waals surface area contributed by atoms with Crippen LogP contribution in [0.1, 0.15) is 58.5 Å². The van der Waals surface area contributed by atoms with E-state index in [1.54, 1.807) is 30.3 Å². The number of benzene rings is 3. The Kier molecular flexibility index (Phi) is 7.60. The molecule has 4 aromatic rings. The largest absolute Gasteiger partial charge is 0.457 e. The number of amides is 2. The molecule has 42 heavy (non-hydrogen) atoms. The van der Waals surface area contributed by atoms with Crippen molar-refractivity contribution in [2.75, 3.05) is 4.90 Å². The average Bonchev–Trinajstić information content (AvgIpc) is 3.40. The maximum Gasteiger partial charge on any atom is 0.270 e. The summed E-state index contributed by atoms with van der Waals surface area (Å²) in [5.74, 6) is 0.282. The Hall–Kier alpha value is -4.56. The summed E-state index contributed by atoms with van der Waals surface area (Å²) in [5.41, 5.74) is 4.03. The Morgan fingerprint density at radius 1 is 0.786 bits per heavy atom. The number of para-hydroxylation sites is 1. The highest BCUT2D eigenvalue weighted by Crippen LogP contribution is 2.31. The Bertz CT molecular complexity index is 1670. The summed E-state index contributed by atoms with van der Waals surface area (Å²) in [6, 6.07) is 26.2. The van der Waals surface area contributed by atoms with Gasteiger partial charge in [-0.2, -0.15) is 5.10 Å². The second kappa shape index (κ2) is 11.0. The van der Waals surface area contributed by atoms with E-state index in [2.05, 4.69) is 52.9 Å². The molecule has 1 aliphatic heterocycles. The highest BCUT2D eigenvalue weighted by atomic mass is 32.1. The number of anilines is 1. The molecule has 7 nitrogen and oxygen atoms in total. The lowest BCUT2D eigenvalue weighted by Crippen LogP contribution is -2.54. The summed E-state index contributed by atoms with van der Waals surface area (Å²) < 4.78 is 7.83. The van der Waals surface area contributed by atoms with Crippen molar-refractivity contribution >= 4 is 40.9 Å². The van der Waals surface area contributed by atoms with Crippen LogP contribution in [0.3, 0.4) is 0 Å². The average molecular weight is 579 g/mol. The molecule has 1 aliphatic rings. The normalized spacial score (nSPS) is 15.2. The minimum Gasteiger partial charge on any atom is -0.457 e. The Morgan fingerprint density at radius 2 is 1.38 bits per heavy atom. The van der Waals surface area contributed by atoms with Gasteiger partial charge in [0.1, 0.15) is 17.1 Å². The van der Waals surface area contributed by atoms with Crippen LogP contribution in [0.4, 0.5) is 5.69 Å². The van der Waals surface area contributed by atoms with Gasteiger partial charge in [-0.25, -0.2) is 4.68 Å². The van der Waals surface area contributed by atoms with Gasteiger partial charge in [0.25, 0.3) is 11.8 Å². The number of aromatic nitrogens is 2. The standard InChI is InChI=1S/C34H34N4O3S/c1-33(2,3)28-21-29(34(4,5)6)38(36-28)24-14-12-22(13-15-24)20-27-30(39)35-32(42)37(31(27)40)23-16-18-26(19-17-23)41-25-10-8-7-9-11-25/h7-21H,1-6H3,(H,35,39,42)/b27-20-. The molecule has 5 rings (SSSR count). The number of hydrogen-bond acceptors (Lipinski definition) is 5. The number of rotatable bonds is 5. The predicted octanol–water partition coefficient (Wildman–Crippen LogP) is 7.09. The van der Waals surface area contributed by atoms with Crippen molar-refractivity contribution in [1.82, 2.24) is 15.1 Å². The molecule has 0 saturated carbocycles. The molecule has 8 heteroatoms. The summed E-state index contributed by atoms with van der Waals surface area (Å²) >= 11 is 5.37. The van der Waals surface area contributed by atoms with E-state index >= 15 is 0 Å². The highest BCUT2D eigenvalue weighted by Gasteiger charge is 2.34. The molecule has 2 heterocycles. The van der Waals surface area contributed by atoms with Gasteiger partial charge in [0.05, 0.1) is 17.1 Å². The molecule has 0 atom stereocenters. The van der Waals surface area contributed by atoms with Gasteiger partial charge < -0.3 is 4.74 Å². The molecule has 214 valence electrons. The zero-order valence-corrected chi connectivity index (χ0v) is 25.5. The van der Waals surface area contributed by atoms with Crippen molar-refractivity contribution in [3.05, 3.63) is 107 Å². The van der Waals surface area contributed by atoms with Gasteiger partial charge in [-0.3, -0.25) is 19.8 Å². The van der Waals surface area contributed by atoms with Gasteiger partial charge in [0, 0.05) is 16.5 Å². The molecule has 1 N–H and O–H groups in total. The quantitative estimate of drug-likeness (QED) is 0.155. The fourth-order valence-corrected chi connectivity index (χ4v) is 4.82. The third-order valence-electron chi connectivity index (χ3n) is 6.87. The molecule has 0 bridgehead atoms. The van der Waals surface area contributed by atoms with Crippen molar-refractivity contribution in [1.29, 1.82) is 0 Å². The first-order valence-electron chi connectivity index (χ1n) is 13.8. The van der Waals surface area contributed by atoms with Crippen molar-refractivity contribution in [3.8, 4) is 17.2 Å². The SMILES string of the molecule is CC(C)(C)c1cc(C(C)(C)C)n(-c2ccc(/C=C3/C(=O)NC(=S)N(c4ccc(Oc5ccccc5)cc4)C3=O)cc2)n1. The number of ether oxygens (including phenoxy) is 1. The molecule has 0 unspecified atom stereocenters. The fourth-order valence-electron chi connectivity index (χ4n) is 4.54. The number of carbonyl (C=O) groups is 2. The van der Waals surface area contributed by atoms with Gasteiger partial charge >= 0.3 is 0 Å². The second-order valence-corrected chi connectivity index (χ2v) is 12.7. The summed E-state index contributed by atoms with van der Waals surface area (Å²) in [6.45, 7) is 12.9. The van der Waals surface area contributed by atoms with Crippen LogP contribution in [-0.2, 0) is 20.4 Å². The van der Waals surface area contributed by atoms with Gasteiger partial charge in [0.2, 0.25) is 0 Å². The van der Waals surface area contributed by atoms with E-state index in [-0.39, 0.29) is 21.5 Å². The maximum atomic E-state index is 13.5. The molecular formula is C34H34N4O3S. The monoisotopic (exact) mass is 578 g/mol. The smallest absolute Gasteiger partial charge is 0.270 e. The molecule has 1 aromatic heterocycles. The van der Waals surface area contributed by atoms with Gasteiger partial charge in [-0.15, -0.1) is 0 Å². The molecule has 3 aromatic carbocycles. The molecule has 2 amide bonds. The minimum absolute atomic E-state index is 0.00884. The highest BCUT2D eigenvalue weighted by molar-refractivity contribution is 7.80. The van der Waals surface area contributed by atoms with E-state index in [1.807, 2.05) is 59.3 Å². The lowest BCUT2D eigenvalue weighted by atomic mass is 9.88.